The molecule has 4 aromatic heterocycles. The second-order valence-corrected chi connectivity index (χ2v) is 8.56. The van der Waals surface area contributed by atoms with E-state index in [0.29, 0.717) is 30.2 Å². The third-order valence-electron chi connectivity index (χ3n) is 6.50. The molecule has 0 unspecified atom stereocenters. The molecular formula is C22H28N8O2. The number of fused-ring (bicyclic) bond motifs is 2. The molecule has 0 spiro atoms. The van der Waals surface area contributed by atoms with Crippen LogP contribution in [0.2, 0.25) is 0 Å². The fourth-order valence-electron chi connectivity index (χ4n) is 4.64. The smallest absolute Gasteiger partial charge is 0.324 e. The van der Waals surface area contributed by atoms with E-state index in [1.54, 1.807) is 4.57 Å². The number of piperidine rings is 1. The maximum atomic E-state index is 12.5. The van der Waals surface area contributed by atoms with Crippen molar-refractivity contribution in [1.29, 1.82) is 0 Å². The molecule has 1 N–H and O–H groups in total. The van der Waals surface area contributed by atoms with E-state index in [1.807, 2.05) is 36.0 Å². The molecule has 0 aromatic carbocycles. The molecule has 0 radical (unpaired) electrons. The number of aryl methyl sites for hydroxylation is 2. The van der Waals surface area contributed by atoms with Crippen molar-refractivity contribution >= 4 is 16.8 Å². The summed E-state index contributed by atoms with van der Waals surface area (Å²) in [7, 11) is 1.85. The summed E-state index contributed by atoms with van der Waals surface area (Å²) < 4.78 is 5.49. The second kappa shape index (κ2) is 8.34. The predicted molar refractivity (Wildman–Crippen MR) is 121 cm³/mol. The van der Waals surface area contributed by atoms with Gasteiger partial charge in [-0.3, -0.25) is 23.6 Å². The highest BCUT2D eigenvalue weighted by molar-refractivity contribution is 5.70. The van der Waals surface area contributed by atoms with Crippen LogP contribution in [0, 0.1) is 0 Å². The summed E-state index contributed by atoms with van der Waals surface area (Å²) in [6, 6.07) is 5.95. The van der Waals surface area contributed by atoms with Crippen LogP contribution in [0.15, 0.2) is 34.0 Å². The van der Waals surface area contributed by atoms with Crippen LogP contribution in [0.25, 0.3) is 16.8 Å². The average molecular weight is 437 g/mol. The fourth-order valence-corrected chi connectivity index (χ4v) is 4.64. The van der Waals surface area contributed by atoms with Crippen LogP contribution in [0.1, 0.15) is 50.2 Å². The molecule has 5 heterocycles. The van der Waals surface area contributed by atoms with Crippen molar-refractivity contribution in [2.24, 2.45) is 7.05 Å². The third kappa shape index (κ3) is 3.54. The highest BCUT2D eigenvalue weighted by Crippen LogP contribution is 2.28. The first-order valence-electron chi connectivity index (χ1n) is 11.3. The fraction of sp³-hybridized carbons (Fsp3) is 0.500. The molecule has 168 valence electrons. The van der Waals surface area contributed by atoms with Crippen molar-refractivity contribution in [3.05, 3.63) is 56.9 Å². The van der Waals surface area contributed by atoms with Gasteiger partial charge in [-0.2, -0.15) is 0 Å². The van der Waals surface area contributed by atoms with Gasteiger partial charge in [0.2, 0.25) is 0 Å². The predicted octanol–water partition coefficient (Wildman–Crippen LogP) is 1.65. The lowest BCUT2D eigenvalue weighted by Crippen LogP contribution is -2.33. The molecular weight excluding hydrogens is 408 g/mol. The normalized spacial score (nSPS) is 15.8. The van der Waals surface area contributed by atoms with E-state index in [2.05, 4.69) is 31.4 Å². The Bertz CT molecular complexity index is 1370. The zero-order valence-corrected chi connectivity index (χ0v) is 18.5. The largest absolute Gasteiger partial charge is 0.330 e. The Morgan fingerprint density at radius 1 is 1.16 bits per heavy atom. The molecule has 0 saturated carbocycles. The lowest BCUT2D eigenvalue weighted by Gasteiger charge is -2.30. The molecule has 1 aliphatic rings. The number of aromatic amines is 1. The van der Waals surface area contributed by atoms with Crippen LogP contribution in [0.5, 0.6) is 0 Å². The van der Waals surface area contributed by atoms with Gasteiger partial charge in [0.05, 0.1) is 6.54 Å². The minimum absolute atomic E-state index is 0.367. The molecule has 32 heavy (non-hydrogen) atoms. The molecule has 10 heteroatoms. The van der Waals surface area contributed by atoms with Crippen LogP contribution in [-0.2, 0) is 20.1 Å². The molecule has 0 atom stereocenters. The van der Waals surface area contributed by atoms with Crippen LogP contribution in [0.4, 0.5) is 0 Å². The van der Waals surface area contributed by atoms with E-state index in [-0.39, 0.29) is 11.2 Å². The van der Waals surface area contributed by atoms with E-state index >= 15 is 0 Å². The first-order chi connectivity index (χ1) is 15.6. The van der Waals surface area contributed by atoms with Crippen molar-refractivity contribution < 1.29 is 0 Å². The zero-order valence-electron chi connectivity index (χ0n) is 18.5. The molecule has 5 rings (SSSR count). The molecule has 0 amide bonds. The number of unbranched alkanes of at least 4 members (excludes halogenated alkanes) is 1. The standard InChI is InChI=1S/C22H28N8O2/c1-3-4-10-30-20-18(21(31)24-22(30)32)27(2)17(23-20)14-28-12-8-15(9-13-28)19-26-25-16-7-5-6-11-29(16)19/h5-7,11,15H,3-4,8-10,12-14H2,1-2H3,(H,24,31,32). The summed E-state index contributed by atoms with van der Waals surface area (Å²) >= 11 is 0. The Morgan fingerprint density at radius 2 is 1.97 bits per heavy atom. The number of likely N-dealkylation sites (tertiary alicyclic amines) is 1. The molecule has 0 aliphatic carbocycles. The lowest BCUT2D eigenvalue weighted by molar-refractivity contribution is 0.195. The highest BCUT2D eigenvalue weighted by Gasteiger charge is 2.26. The van der Waals surface area contributed by atoms with Gasteiger partial charge in [-0.15, -0.1) is 10.2 Å². The number of pyridine rings is 1. The first-order valence-corrected chi connectivity index (χ1v) is 11.3. The van der Waals surface area contributed by atoms with Gasteiger partial charge in [0.15, 0.2) is 16.8 Å². The number of hydrogen-bond donors (Lipinski definition) is 1. The summed E-state index contributed by atoms with van der Waals surface area (Å²) in [6.07, 6.45) is 5.82. The summed E-state index contributed by atoms with van der Waals surface area (Å²) in [5.74, 6) is 2.19. The third-order valence-corrected chi connectivity index (χ3v) is 6.50. The Hall–Kier alpha value is -3.27. The number of aromatic nitrogens is 7. The quantitative estimate of drug-likeness (QED) is 0.493. The van der Waals surface area contributed by atoms with Gasteiger partial charge in [0, 0.05) is 25.7 Å². The average Bonchev–Trinajstić information content (AvgIpc) is 3.36. The number of nitrogens with one attached hydrogen (secondary N) is 1. The van der Waals surface area contributed by atoms with Gasteiger partial charge >= 0.3 is 5.69 Å². The van der Waals surface area contributed by atoms with Crippen molar-refractivity contribution in [2.75, 3.05) is 13.1 Å². The Balaban J connectivity index is 1.35. The van der Waals surface area contributed by atoms with E-state index in [9.17, 15) is 9.59 Å². The first kappa shape index (κ1) is 20.6. The van der Waals surface area contributed by atoms with Crippen molar-refractivity contribution in [2.45, 2.75) is 51.6 Å². The Kier molecular flexibility index (Phi) is 5.38. The molecule has 1 saturated heterocycles. The number of imidazole rings is 1. The maximum Gasteiger partial charge on any atom is 0.330 e. The van der Waals surface area contributed by atoms with Crippen molar-refractivity contribution in [3.8, 4) is 0 Å². The second-order valence-electron chi connectivity index (χ2n) is 8.56. The molecule has 4 aromatic rings. The van der Waals surface area contributed by atoms with Gasteiger partial charge < -0.3 is 4.57 Å². The lowest BCUT2D eigenvalue weighted by atomic mass is 9.96. The van der Waals surface area contributed by atoms with E-state index < -0.39 is 0 Å². The highest BCUT2D eigenvalue weighted by atomic mass is 16.2. The van der Waals surface area contributed by atoms with Crippen molar-refractivity contribution in [1.82, 2.24) is 38.6 Å². The van der Waals surface area contributed by atoms with E-state index in [1.165, 1.54) is 0 Å². The number of nitrogens with zero attached hydrogens (tertiary/aromatic N) is 7. The van der Waals surface area contributed by atoms with Crippen LogP contribution >= 0.6 is 0 Å². The molecule has 1 fully saturated rings. The number of rotatable bonds is 6. The van der Waals surface area contributed by atoms with E-state index in [4.69, 9.17) is 4.98 Å². The van der Waals surface area contributed by atoms with Gasteiger partial charge in [0.1, 0.15) is 11.6 Å². The Labute approximate surface area is 184 Å². The SMILES string of the molecule is CCCCn1c(=O)[nH]c(=O)c2c1nc(CN1CCC(c3nnc4ccccn34)CC1)n2C. The summed E-state index contributed by atoms with van der Waals surface area (Å²) in [6.45, 7) is 5.09. The summed E-state index contributed by atoms with van der Waals surface area (Å²) in [5, 5.41) is 8.72. The Morgan fingerprint density at radius 3 is 2.75 bits per heavy atom. The minimum atomic E-state index is -0.387. The van der Waals surface area contributed by atoms with Crippen LogP contribution in [-0.4, -0.2) is 51.7 Å². The van der Waals surface area contributed by atoms with Gasteiger partial charge in [-0.05, 0) is 44.5 Å². The number of H-pyrrole nitrogens is 1. The van der Waals surface area contributed by atoms with Crippen LogP contribution in [0.3, 0.4) is 0 Å². The topological polar surface area (TPSA) is 106 Å². The zero-order chi connectivity index (χ0) is 22.2. The number of hydrogen-bond acceptors (Lipinski definition) is 6. The van der Waals surface area contributed by atoms with Crippen LogP contribution < -0.4 is 11.2 Å². The van der Waals surface area contributed by atoms with Gasteiger partial charge in [-0.25, -0.2) is 9.78 Å². The molecule has 10 nitrogen and oxygen atoms in total. The van der Waals surface area contributed by atoms with Gasteiger partial charge in [-0.1, -0.05) is 19.4 Å². The minimum Gasteiger partial charge on any atom is -0.324 e. The monoisotopic (exact) mass is 436 g/mol. The molecule has 0 bridgehead atoms. The maximum absolute atomic E-state index is 12.5. The van der Waals surface area contributed by atoms with E-state index in [0.717, 1.165) is 56.1 Å². The van der Waals surface area contributed by atoms with Crippen molar-refractivity contribution in [3.63, 3.8) is 0 Å². The van der Waals surface area contributed by atoms with Gasteiger partial charge in [0.25, 0.3) is 5.56 Å². The summed E-state index contributed by atoms with van der Waals surface area (Å²) in [4.78, 5) is 34.3. The molecule has 1 aliphatic heterocycles. The summed E-state index contributed by atoms with van der Waals surface area (Å²) in [5.41, 5.74) is 1.05.